The second-order valence-corrected chi connectivity index (χ2v) is 7.14. The van der Waals surface area contributed by atoms with E-state index in [1.54, 1.807) is 24.4 Å². The lowest BCUT2D eigenvalue weighted by Gasteiger charge is -2.07. The van der Waals surface area contributed by atoms with Crippen LogP contribution in [0.25, 0.3) is 0 Å². The second-order valence-electron chi connectivity index (χ2n) is 6.03. The Morgan fingerprint density at radius 2 is 1.79 bits per heavy atom. The number of thiazole rings is 1. The van der Waals surface area contributed by atoms with Crippen LogP contribution in [-0.2, 0) is 12.6 Å². The molecule has 3 aromatic rings. The first-order chi connectivity index (χ1) is 13.7. The van der Waals surface area contributed by atoms with Crippen molar-refractivity contribution in [3.05, 3.63) is 76.3 Å². The number of nitrogens with two attached hydrogens (primary N) is 1. The predicted molar refractivity (Wildman–Crippen MR) is 104 cm³/mol. The molecule has 0 aliphatic rings. The summed E-state index contributed by atoms with van der Waals surface area (Å²) in [5.74, 6) is -0.423. The van der Waals surface area contributed by atoms with Crippen molar-refractivity contribution in [1.29, 1.82) is 0 Å². The van der Waals surface area contributed by atoms with Gasteiger partial charge in [0.15, 0.2) is 5.13 Å². The van der Waals surface area contributed by atoms with Crippen molar-refractivity contribution >= 4 is 34.1 Å². The van der Waals surface area contributed by atoms with Gasteiger partial charge in [0.05, 0.1) is 5.56 Å². The molecule has 150 valence electrons. The van der Waals surface area contributed by atoms with Gasteiger partial charge in [0, 0.05) is 28.7 Å². The highest BCUT2D eigenvalue weighted by Crippen LogP contribution is 2.30. The zero-order valence-electron chi connectivity index (χ0n) is 14.8. The molecule has 0 spiro atoms. The Labute approximate surface area is 167 Å². The molecule has 1 aromatic heterocycles. The Morgan fingerprint density at radius 3 is 2.45 bits per heavy atom. The molecule has 0 radical (unpaired) electrons. The molecule has 0 aliphatic carbocycles. The molecule has 0 bridgehead atoms. The number of hydrogen-bond donors (Lipinski definition) is 3. The number of carbonyl (C=O) groups is 2. The number of rotatable bonds is 5. The van der Waals surface area contributed by atoms with E-state index in [4.69, 9.17) is 5.73 Å². The molecule has 6 nitrogen and oxygen atoms in total. The van der Waals surface area contributed by atoms with Crippen LogP contribution in [0.4, 0.5) is 28.8 Å². The summed E-state index contributed by atoms with van der Waals surface area (Å²) in [7, 11) is 0. The maximum Gasteiger partial charge on any atom is 0.416 e. The molecule has 0 fully saturated rings. The van der Waals surface area contributed by atoms with Crippen molar-refractivity contribution in [1.82, 2.24) is 4.98 Å². The van der Waals surface area contributed by atoms with Crippen LogP contribution >= 0.6 is 11.3 Å². The monoisotopic (exact) mass is 420 g/mol. The number of benzene rings is 2. The number of carbonyl (C=O) groups excluding carboxylic acids is 2. The molecular formula is C19H15F3N4O2S. The number of primary amides is 1. The van der Waals surface area contributed by atoms with E-state index < -0.39 is 23.7 Å². The minimum absolute atomic E-state index is 0.302. The van der Waals surface area contributed by atoms with Gasteiger partial charge in [-0.3, -0.25) is 10.1 Å². The number of alkyl halides is 3. The molecular weight excluding hydrogens is 405 g/mol. The second kappa shape index (κ2) is 8.31. The molecule has 0 saturated carbocycles. The van der Waals surface area contributed by atoms with E-state index in [0.29, 0.717) is 28.4 Å². The maximum atomic E-state index is 12.6. The number of nitrogens with one attached hydrogen (secondary N) is 2. The molecule has 2 aromatic carbocycles. The van der Waals surface area contributed by atoms with Crippen molar-refractivity contribution < 1.29 is 22.8 Å². The van der Waals surface area contributed by atoms with Crippen molar-refractivity contribution in [3.63, 3.8) is 0 Å². The molecule has 1 heterocycles. The maximum absolute atomic E-state index is 12.6. The molecule has 0 saturated heterocycles. The summed E-state index contributed by atoms with van der Waals surface area (Å²) in [6.07, 6.45) is -2.42. The summed E-state index contributed by atoms with van der Waals surface area (Å²) in [4.78, 5) is 28.2. The highest BCUT2D eigenvalue weighted by atomic mass is 32.1. The van der Waals surface area contributed by atoms with E-state index in [9.17, 15) is 22.8 Å². The lowest BCUT2D eigenvalue weighted by atomic mass is 10.1. The van der Waals surface area contributed by atoms with Crippen molar-refractivity contribution in [3.8, 4) is 0 Å². The van der Waals surface area contributed by atoms with Crippen LogP contribution in [-0.4, -0.2) is 16.9 Å². The minimum atomic E-state index is -4.37. The number of aromatic nitrogens is 1. The van der Waals surface area contributed by atoms with Crippen LogP contribution in [0, 0.1) is 0 Å². The number of hydrogen-bond acceptors (Lipinski definition) is 4. The minimum Gasteiger partial charge on any atom is -0.351 e. The Kier molecular flexibility index (Phi) is 5.83. The lowest BCUT2D eigenvalue weighted by Crippen LogP contribution is -2.19. The zero-order chi connectivity index (χ0) is 21.0. The molecule has 29 heavy (non-hydrogen) atoms. The summed E-state index contributed by atoms with van der Waals surface area (Å²) in [5, 5.41) is 5.39. The van der Waals surface area contributed by atoms with Crippen LogP contribution in [0.5, 0.6) is 0 Å². The van der Waals surface area contributed by atoms with Gasteiger partial charge in [0.25, 0.3) is 5.91 Å². The van der Waals surface area contributed by atoms with Gasteiger partial charge >= 0.3 is 12.2 Å². The third kappa shape index (κ3) is 5.55. The predicted octanol–water partition coefficient (Wildman–Crippen LogP) is 4.50. The standard InChI is InChI=1S/C19H15F3N4O2S/c20-19(21,22)13-6-4-11(5-7-13)8-15-10-24-18(29-15)26-16(27)12-2-1-3-14(9-12)25-17(23)28/h1-7,9-10H,8H2,(H3,23,25,28)(H,24,26,27). The van der Waals surface area contributed by atoms with Gasteiger partial charge in [-0.2, -0.15) is 13.2 Å². The molecule has 4 N–H and O–H groups in total. The van der Waals surface area contributed by atoms with Gasteiger partial charge in [0.1, 0.15) is 0 Å². The fourth-order valence-corrected chi connectivity index (χ4v) is 3.35. The van der Waals surface area contributed by atoms with Crippen LogP contribution < -0.4 is 16.4 Å². The van der Waals surface area contributed by atoms with Gasteiger partial charge in [-0.1, -0.05) is 18.2 Å². The summed E-state index contributed by atoms with van der Waals surface area (Å²) in [5.41, 5.74) is 5.74. The smallest absolute Gasteiger partial charge is 0.351 e. The van der Waals surface area contributed by atoms with Crippen molar-refractivity contribution in [2.45, 2.75) is 12.6 Å². The van der Waals surface area contributed by atoms with E-state index >= 15 is 0 Å². The number of amides is 3. The lowest BCUT2D eigenvalue weighted by molar-refractivity contribution is -0.137. The van der Waals surface area contributed by atoms with E-state index in [1.807, 2.05) is 0 Å². The average molecular weight is 420 g/mol. The summed E-state index contributed by atoms with van der Waals surface area (Å²) in [6.45, 7) is 0. The first kappa shape index (κ1) is 20.3. The first-order valence-electron chi connectivity index (χ1n) is 8.29. The SMILES string of the molecule is NC(=O)Nc1cccc(C(=O)Nc2ncc(Cc3ccc(C(F)(F)F)cc3)s2)c1. The highest BCUT2D eigenvalue weighted by molar-refractivity contribution is 7.15. The third-order valence-corrected chi connectivity index (χ3v) is 4.74. The average Bonchev–Trinajstić information content (AvgIpc) is 3.08. The number of urea groups is 1. The largest absolute Gasteiger partial charge is 0.416 e. The van der Waals surface area contributed by atoms with E-state index in [0.717, 1.165) is 17.0 Å². The van der Waals surface area contributed by atoms with Gasteiger partial charge in [-0.15, -0.1) is 11.3 Å². The third-order valence-electron chi connectivity index (χ3n) is 3.83. The normalized spacial score (nSPS) is 11.1. The van der Waals surface area contributed by atoms with Crippen LogP contribution in [0.1, 0.15) is 26.4 Å². The Balaban J connectivity index is 1.64. The zero-order valence-corrected chi connectivity index (χ0v) is 15.6. The highest BCUT2D eigenvalue weighted by Gasteiger charge is 2.29. The Morgan fingerprint density at radius 1 is 1.07 bits per heavy atom. The summed E-state index contributed by atoms with van der Waals surface area (Å²) >= 11 is 1.22. The van der Waals surface area contributed by atoms with Gasteiger partial charge in [-0.25, -0.2) is 9.78 Å². The van der Waals surface area contributed by atoms with Gasteiger partial charge in [-0.05, 0) is 35.9 Å². The Bertz CT molecular complexity index is 1030. The van der Waals surface area contributed by atoms with Crippen LogP contribution in [0.3, 0.4) is 0 Å². The van der Waals surface area contributed by atoms with E-state index in [-0.39, 0.29) is 0 Å². The van der Waals surface area contributed by atoms with Gasteiger partial charge in [0.2, 0.25) is 0 Å². The molecule has 0 unspecified atom stereocenters. The summed E-state index contributed by atoms with van der Waals surface area (Å²) < 4.78 is 37.9. The molecule has 0 aliphatic heterocycles. The van der Waals surface area contributed by atoms with Crippen LogP contribution in [0.15, 0.2) is 54.7 Å². The van der Waals surface area contributed by atoms with E-state index in [2.05, 4.69) is 15.6 Å². The number of nitrogens with zero attached hydrogens (tertiary/aromatic N) is 1. The fraction of sp³-hybridized carbons (Fsp3) is 0.105. The summed E-state index contributed by atoms with van der Waals surface area (Å²) in [6, 6.07) is 10.4. The fourth-order valence-electron chi connectivity index (χ4n) is 2.51. The van der Waals surface area contributed by atoms with Crippen molar-refractivity contribution in [2.75, 3.05) is 10.6 Å². The number of anilines is 2. The molecule has 3 amide bonds. The van der Waals surface area contributed by atoms with Crippen LogP contribution in [0.2, 0.25) is 0 Å². The topological polar surface area (TPSA) is 97.1 Å². The quantitative estimate of drug-likeness (QED) is 0.567. The van der Waals surface area contributed by atoms with Crippen molar-refractivity contribution in [2.24, 2.45) is 5.73 Å². The molecule has 10 heteroatoms. The number of halogens is 3. The molecule has 3 rings (SSSR count). The van der Waals surface area contributed by atoms with Gasteiger partial charge < -0.3 is 11.1 Å². The first-order valence-corrected chi connectivity index (χ1v) is 9.11. The van der Waals surface area contributed by atoms with E-state index in [1.165, 1.54) is 29.5 Å². The Hall–Kier alpha value is -3.40. The molecule has 0 atom stereocenters.